The summed E-state index contributed by atoms with van der Waals surface area (Å²) in [5.41, 5.74) is 6.44. The van der Waals surface area contributed by atoms with Gasteiger partial charge in [0.1, 0.15) is 0 Å². The number of nitrogens with two attached hydrogens (primary N) is 1. The second-order valence-electron chi connectivity index (χ2n) is 4.35. The molecular weight excluding hydrogens is 204 g/mol. The maximum atomic E-state index is 11.2. The first-order valence-electron chi connectivity index (χ1n) is 5.53. The predicted octanol–water partition coefficient (Wildman–Crippen LogP) is 0.434. The van der Waals surface area contributed by atoms with Gasteiger partial charge in [0.25, 0.3) is 0 Å². The first-order valence-corrected chi connectivity index (χ1v) is 5.53. The fraction of sp³-hybridized carbons (Fsp3) is 0.636. The van der Waals surface area contributed by atoms with Crippen LogP contribution in [0, 0.1) is 6.92 Å². The lowest BCUT2D eigenvalue weighted by atomic mass is 10.1. The number of primary amides is 1. The molecule has 1 atom stereocenters. The molecule has 0 bridgehead atoms. The van der Waals surface area contributed by atoms with Gasteiger partial charge in [0.2, 0.25) is 5.91 Å². The van der Waals surface area contributed by atoms with Crippen molar-refractivity contribution >= 4 is 5.91 Å². The number of hydrogen-bond donors (Lipinski definition) is 2. The number of aromatic nitrogens is 2. The van der Waals surface area contributed by atoms with Gasteiger partial charge in [-0.2, -0.15) is 5.10 Å². The minimum absolute atomic E-state index is 0.247. The largest absolute Gasteiger partial charge is 0.368 e. The standard InChI is InChI=1S/C11H20N4O/c1-8(2)14-10(11(12)16)4-5-15-7-9(3)6-13-15/h6-8,10,14H,4-5H2,1-3H3,(H2,12,16). The van der Waals surface area contributed by atoms with Crippen LogP contribution >= 0.6 is 0 Å². The minimum atomic E-state index is -0.308. The van der Waals surface area contributed by atoms with Crippen molar-refractivity contribution in [2.75, 3.05) is 0 Å². The van der Waals surface area contributed by atoms with Crippen molar-refractivity contribution in [3.8, 4) is 0 Å². The summed E-state index contributed by atoms with van der Waals surface area (Å²) < 4.78 is 1.83. The lowest BCUT2D eigenvalue weighted by Crippen LogP contribution is -2.45. The molecule has 1 aromatic rings. The zero-order valence-electron chi connectivity index (χ0n) is 10.1. The van der Waals surface area contributed by atoms with Crippen LogP contribution in [-0.2, 0) is 11.3 Å². The molecular formula is C11H20N4O. The summed E-state index contributed by atoms with van der Waals surface area (Å²) in [6.07, 6.45) is 4.41. The lowest BCUT2D eigenvalue weighted by molar-refractivity contribution is -0.120. The van der Waals surface area contributed by atoms with Crippen LogP contribution < -0.4 is 11.1 Å². The molecule has 0 aromatic carbocycles. The van der Waals surface area contributed by atoms with Crippen molar-refractivity contribution in [1.29, 1.82) is 0 Å². The second-order valence-corrected chi connectivity index (χ2v) is 4.35. The Morgan fingerprint density at radius 1 is 1.62 bits per heavy atom. The van der Waals surface area contributed by atoms with E-state index < -0.39 is 0 Å². The summed E-state index contributed by atoms with van der Waals surface area (Å²) in [6.45, 7) is 6.67. The van der Waals surface area contributed by atoms with E-state index in [0.717, 1.165) is 5.56 Å². The van der Waals surface area contributed by atoms with Gasteiger partial charge in [0, 0.05) is 18.8 Å². The Kier molecular flexibility index (Phi) is 4.49. The topological polar surface area (TPSA) is 72.9 Å². The van der Waals surface area contributed by atoms with Crippen molar-refractivity contribution in [3.05, 3.63) is 18.0 Å². The summed E-state index contributed by atoms with van der Waals surface area (Å²) in [5.74, 6) is -0.308. The van der Waals surface area contributed by atoms with Crippen molar-refractivity contribution in [2.24, 2.45) is 5.73 Å². The highest BCUT2D eigenvalue weighted by atomic mass is 16.1. The van der Waals surface area contributed by atoms with E-state index in [1.54, 1.807) is 6.20 Å². The molecule has 0 spiro atoms. The van der Waals surface area contributed by atoms with Gasteiger partial charge in [-0.05, 0) is 18.9 Å². The number of aryl methyl sites for hydroxylation is 2. The van der Waals surface area contributed by atoms with Crippen LogP contribution in [-0.4, -0.2) is 27.8 Å². The molecule has 5 nitrogen and oxygen atoms in total. The summed E-state index contributed by atoms with van der Waals surface area (Å²) in [4.78, 5) is 11.2. The third-order valence-electron chi connectivity index (χ3n) is 2.29. The van der Waals surface area contributed by atoms with Crippen molar-refractivity contribution in [1.82, 2.24) is 15.1 Å². The number of nitrogens with one attached hydrogen (secondary N) is 1. The van der Waals surface area contributed by atoms with Crippen LogP contribution in [0.15, 0.2) is 12.4 Å². The Hall–Kier alpha value is -1.36. The predicted molar refractivity (Wildman–Crippen MR) is 62.8 cm³/mol. The molecule has 16 heavy (non-hydrogen) atoms. The Morgan fingerprint density at radius 3 is 2.75 bits per heavy atom. The second kappa shape index (κ2) is 5.65. The monoisotopic (exact) mass is 224 g/mol. The van der Waals surface area contributed by atoms with Gasteiger partial charge in [-0.3, -0.25) is 9.48 Å². The van der Waals surface area contributed by atoms with Crippen molar-refractivity contribution < 1.29 is 4.79 Å². The normalized spacial score (nSPS) is 13.0. The number of carbonyl (C=O) groups excluding carboxylic acids is 1. The molecule has 1 amide bonds. The van der Waals surface area contributed by atoms with Crippen LogP contribution in [0.2, 0.25) is 0 Å². The van der Waals surface area contributed by atoms with Gasteiger partial charge < -0.3 is 11.1 Å². The highest BCUT2D eigenvalue weighted by molar-refractivity contribution is 5.79. The van der Waals surface area contributed by atoms with Crippen LogP contribution in [0.5, 0.6) is 0 Å². The number of hydrogen-bond acceptors (Lipinski definition) is 3. The first kappa shape index (κ1) is 12.7. The number of nitrogens with zero attached hydrogens (tertiary/aromatic N) is 2. The van der Waals surface area contributed by atoms with E-state index >= 15 is 0 Å². The van der Waals surface area contributed by atoms with Gasteiger partial charge in [-0.25, -0.2) is 0 Å². The van der Waals surface area contributed by atoms with Gasteiger partial charge in [0.15, 0.2) is 0 Å². The van der Waals surface area contributed by atoms with Crippen LogP contribution in [0.1, 0.15) is 25.8 Å². The van der Waals surface area contributed by atoms with Crippen molar-refractivity contribution in [3.63, 3.8) is 0 Å². The summed E-state index contributed by atoms with van der Waals surface area (Å²) in [5, 5.41) is 7.30. The van der Waals surface area contributed by atoms with Crippen molar-refractivity contribution in [2.45, 2.75) is 45.8 Å². The third kappa shape index (κ3) is 4.02. The molecule has 1 aromatic heterocycles. The van der Waals surface area contributed by atoms with Crippen LogP contribution in [0.25, 0.3) is 0 Å². The smallest absolute Gasteiger partial charge is 0.234 e. The quantitative estimate of drug-likeness (QED) is 0.736. The Balaban J connectivity index is 2.46. The average molecular weight is 224 g/mol. The molecule has 0 fully saturated rings. The van der Waals surface area contributed by atoms with Gasteiger partial charge in [-0.15, -0.1) is 0 Å². The number of amides is 1. The Bertz CT molecular complexity index is 346. The van der Waals surface area contributed by atoms with E-state index in [4.69, 9.17) is 5.73 Å². The fourth-order valence-electron chi connectivity index (χ4n) is 1.56. The molecule has 3 N–H and O–H groups in total. The Labute approximate surface area is 96.0 Å². The summed E-state index contributed by atoms with van der Waals surface area (Å²) in [6, 6.07) is -0.0404. The average Bonchev–Trinajstić information content (AvgIpc) is 2.58. The fourth-order valence-corrected chi connectivity index (χ4v) is 1.56. The molecule has 0 radical (unpaired) electrons. The van der Waals surface area contributed by atoms with Crippen LogP contribution in [0.3, 0.4) is 0 Å². The molecule has 90 valence electrons. The van der Waals surface area contributed by atoms with E-state index in [2.05, 4.69) is 10.4 Å². The summed E-state index contributed by atoms with van der Waals surface area (Å²) in [7, 11) is 0. The van der Waals surface area contributed by atoms with E-state index in [9.17, 15) is 4.79 Å². The first-order chi connectivity index (χ1) is 7.49. The molecule has 0 aliphatic carbocycles. The van der Waals surface area contributed by atoms with E-state index in [1.807, 2.05) is 31.6 Å². The van der Waals surface area contributed by atoms with Gasteiger partial charge >= 0.3 is 0 Å². The third-order valence-corrected chi connectivity index (χ3v) is 2.29. The molecule has 1 heterocycles. The molecule has 1 unspecified atom stereocenters. The highest BCUT2D eigenvalue weighted by Gasteiger charge is 2.15. The number of carbonyl (C=O) groups is 1. The van der Waals surface area contributed by atoms with E-state index in [1.165, 1.54) is 0 Å². The van der Waals surface area contributed by atoms with Gasteiger partial charge in [-0.1, -0.05) is 13.8 Å². The zero-order chi connectivity index (χ0) is 12.1. The highest BCUT2D eigenvalue weighted by Crippen LogP contribution is 2.00. The SMILES string of the molecule is Cc1cnn(CCC(NC(C)C)C(N)=O)c1. The lowest BCUT2D eigenvalue weighted by Gasteiger charge is -2.17. The summed E-state index contributed by atoms with van der Waals surface area (Å²) >= 11 is 0. The minimum Gasteiger partial charge on any atom is -0.368 e. The molecule has 0 aliphatic heterocycles. The maximum absolute atomic E-state index is 11.2. The Morgan fingerprint density at radius 2 is 2.31 bits per heavy atom. The zero-order valence-corrected chi connectivity index (χ0v) is 10.1. The number of rotatable bonds is 6. The van der Waals surface area contributed by atoms with E-state index in [0.29, 0.717) is 13.0 Å². The van der Waals surface area contributed by atoms with E-state index in [-0.39, 0.29) is 18.0 Å². The molecule has 0 aliphatic rings. The van der Waals surface area contributed by atoms with Crippen LogP contribution in [0.4, 0.5) is 0 Å². The molecule has 1 rings (SSSR count). The molecule has 0 saturated carbocycles. The van der Waals surface area contributed by atoms with Gasteiger partial charge in [0.05, 0.1) is 12.2 Å². The molecule has 0 saturated heterocycles. The maximum Gasteiger partial charge on any atom is 0.234 e. The molecule has 5 heteroatoms.